The van der Waals surface area contributed by atoms with Crippen molar-refractivity contribution in [3.63, 3.8) is 0 Å². The van der Waals surface area contributed by atoms with Crippen LogP contribution < -0.4 is 10.6 Å². The molecule has 1 aliphatic heterocycles. The molecule has 1 aromatic rings. The molecule has 0 saturated carbocycles. The zero-order valence-corrected chi connectivity index (χ0v) is 14.1. The van der Waals surface area contributed by atoms with Gasteiger partial charge in [-0.15, -0.1) is 0 Å². The Morgan fingerprint density at radius 2 is 1.90 bits per heavy atom. The van der Waals surface area contributed by atoms with Crippen molar-refractivity contribution in [3.8, 4) is 0 Å². The predicted molar refractivity (Wildman–Crippen MR) is 91.3 cm³/mol. The number of anilines is 1. The van der Waals surface area contributed by atoms with Crippen molar-refractivity contribution in [3.05, 3.63) is 28.8 Å². The summed E-state index contributed by atoms with van der Waals surface area (Å²) in [6, 6.07) is 6.22. The van der Waals surface area contributed by atoms with Gasteiger partial charge in [0.2, 0.25) is 0 Å². The molecule has 0 aliphatic carbocycles. The SMILES string of the molecule is C[C@H](N)c1ccc(N2CCN(CCN(C)C)CC2)c(Cl)c1. The second kappa shape index (κ2) is 7.45. The largest absolute Gasteiger partial charge is 0.368 e. The van der Waals surface area contributed by atoms with Crippen LogP contribution in [-0.2, 0) is 0 Å². The van der Waals surface area contributed by atoms with E-state index in [4.69, 9.17) is 17.3 Å². The fraction of sp³-hybridized carbons (Fsp3) is 0.625. The van der Waals surface area contributed by atoms with Gasteiger partial charge in [0.1, 0.15) is 0 Å². The summed E-state index contributed by atoms with van der Waals surface area (Å²) in [7, 11) is 4.24. The molecular formula is C16H27ClN4. The van der Waals surface area contributed by atoms with Gasteiger partial charge in [0.05, 0.1) is 10.7 Å². The summed E-state index contributed by atoms with van der Waals surface area (Å²) in [4.78, 5) is 7.12. The second-order valence-electron chi connectivity index (χ2n) is 6.13. The molecule has 0 spiro atoms. The Morgan fingerprint density at radius 1 is 1.24 bits per heavy atom. The number of likely N-dealkylation sites (N-methyl/N-ethyl adjacent to an activating group) is 1. The number of nitrogens with zero attached hydrogens (tertiary/aromatic N) is 3. The third-order valence-corrected chi connectivity index (χ3v) is 4.38. The molecule has 21 heavy (non-hydrogen) atoms. The van der Waals surface area contributed by atoms with Gasteiger partial charge < -0.3 is 15.5 Å². The van der Waals surface area contributed by atoms with E-state index in [0.717, 1.165) is 55.5 Å². The monoisotopic (exact) mass is 310 g/mol. The van der Waals surface area contributed by atoms with Crippen molar-refractivity contribution >= 4 is 17.3 Å². The first-order valence-corrected chi connectivity index (χ1v) is 8.02. The summed E-state index contributed by atoms with van der Waals surface area (Å²) in [6.45, 7) is 8.49. The van der Waals surface area contributed by atoms with Gasteiger partial charge in [0, 0.05) is 45.3 Å². The number of benzene rings is 1. The molecule has 5 heteroatoms. The fourth-order valence-corrected chi connectivity index (χ4v) is 2.93. The molecule has 2 N–H and O–H groups in total. The van der Waals surface area contributed by atoms with Crippen LogP contribution in [0, 0.1) is 0 Å². The molecule has 0 unspecified atom stereocenters. The van der Waals surface area contributed by atoms with Crippen LogP contribution in [0.25, 0.3) is 0 Å². The van der Waals surface area contributed by atoms with Crippen LogP contribution in [-0.4, -0.2) is 63.2 Å². The lowest BCUT2D eigenvalue weighted by atomic mass is 10.1. The molecule has 0 radical (unpaired) electrons. The summed E-state index contributed by atoms with van der Waals surface area (Å²) in [5.74, 6) is 0. The first kappa shape index (κ1) is 16.6. The Balaban J connectivity index is 1.93. The van der Waals surface area contributed by atoms with E-state index in [2.05, 4.69) is 40.9 Å². The Morgan fingerprint density at radius 3 is 2.43 bits per heavy atom. The lowest BCUT2D eigenvalue weighted by Gasteiger charge is -2.37. The molecule has 4 nitrogen and oxygen atoms in total. The molecule has 1 heterocycles. The molecule has 0 aromatic heterocycles. The van der Waals surface area contributed by atoms with Gasteiger partial charge >= 0.3 is 0 Å². The standard InChI is InChI=1S/C16H27ClN4/c1-13(18)14-4-5-16(15(17)12-14)21-10-8-20(9-11-21)7-6-19(2)3/h4-5,12-13H,6-11,18H2,1-3H3/t13-/m0/s1. The van der Waals surface area contributed by atoms with Crippen molar-refractivity contribution in [2.75, 3.05) is 58.3 Å². The van der Waals surface area contributed by atoms with Gasteiger partial charge in [0.15, 0.2) is 0 Å². The second-order valence-corrected chi connectivity index (χ2v) is 6.54. The molecule has 1 fully saturated rings. The third kappa shape index (κ3) is 4.58. The third-order valence-electron chi connectivity index (χ3n) is 4.07. The summed E-state index contributed by atoms with van der Waals surface area (Å²) in [5.41, 5.74) is 8.13. The molecular weight excluding hydrogens is 284 g/mol. The van der Waals surface area contributed by atoms with Gasteiger partial charge in [-0.25, -0.2) is 0 Å². The summed E-state index contributed by atoms with van der Waals surface area (Å²) < 4.78 is 0. The summed E-state index contributed by atoms with van der Waals surface area (Å²) >= 11 is 6.43. The maximum absolute atomic E-state index is 6.43. The molecule has 1 saturated heterocycles. The minimum absolute atomic E-state index is 0.0273. The number of piperazine rings is 1. The highest BCUT2D eigenvalue weighted by atomic mass is 35.5. The highest BCUT2D eigenvalue weighted by Gasteiger charge is 2.19. The lowest BCUT2D eigenvalue weighted by Crippen LogP contribution is -2.48. The van der Waals surface area contributed by atoms with Crippen LogP contribution in [0.15, 0.2) is 18.2 Å². The van der Waals surface area contributed by atoms with Crippen molar-refractivity contribution in [2.45, 2.75) is 13.0 Å². The smallest absolute Gasteiger partial charge is 0.0642 e. The van der Waals surface area contributed by atoms with Gasteiger partial charge in [-0.1, -0.05) is 17.7 Å². The normalized spacial score (nSPS) is 18.3. The molecule has 1 aromatic carbocycles. The Bertz CT molecular complexity index is 454. The van der Waals surface area contributed by atoms with Crippen molar-refractivity contribution in [2.24, 2.45) is 5.73 Å². The number of nitrogens with two attached hydrogens (primary N) is 1. The average Bonchev–Trinajstić information content (AvgIpc) is 2.45. The van der Waals surface area contributed by atoms with E-state index in [0.29, 0.717) is 0 Å². The average molecular weight is 311 g/mol. The van der Waals surface area contributed by atoms with E-state index in [1.54, 1.807) is 0 Å². The quantitative estimate of drug-likeness (QED) is 0.903. The summed E-state index contributed by atoms with van der Waals surface area (Å²) in [6.07, 6.45) is 0. The van der Waals surface area contributed by atoms with E-state index in [-0.39, 0.29) is 6.04 Å². The zero-order chi connectivity index (χ0) is 15.4. The Labute approximate surface area is 133 Å². The number of halogens is 1. The van der Waals surface area contributed by atoms with Crippen LogP contribution in [0.3, 0.4) is 0 Å². The Hall–Kier alpha value is -0.810. The van der Waals surface area contributed by atoms with Crippen molar-refractivity contribution in [1.82, 2.24) is 9.80 Å². The van der Waals surface area contributed by atoms with E-state index >= 15 is 0 Å². The molecule has 0 amide bonds. The van der Waals surface area contributed by atoms with Crippen molar-refractivity contribution in [1.29, 1.82) is 0 Å². The molecule has 1 atom stereocenters. The van der Waals surface area contributed by atoms with Crippen LogP contribution in [0.2, 0.25) is 5.02 Å². The highest BCUT2D eigenvalue weighted by Crippen LogP contribution is 2.29. The van der Waals surface area contributed by atoms with E-state index in [1.807, 2.05) is 13.0 Å². The van der Waals surface area contributed by atoms with Crippen LogP contribution >= 0.6 is 11.6 Å². The lowest BCUT2D eigenvalue weighted by molar-refractivity contribution is 0.229. The maximum Gasteiger partial charge on any atom is 0.0642 e. The van der Waals surface area contributed by atoms with Gasteiger partial charge in [-0.05, 0) is 38.7 Å². The van der Waals surface area contributed by atoms with Crippen molar-refractivity contribution < 1.29 is 0 Å². The number of rotatable bonds is 5. The van der Waals surface area contributed by atoms with E-state index in [1.165, 1.54) is 0 Å². The Kier molecular flexibility index (Phi) is 5.88. The minimum atomic E-state index is 0.0273. The van der Waals surface area contributed by atoms with Crippen LogP contribution in [0.5, 0.6) is 0 Å². The van der Waals surface area contributed by atoms with Gasteiger partial charge in [-0.2, -0.15) is 0 Å². The topological polar surface area (TPSA) is 35.7 Å². The van der Waals surface area contributed by atoms with Gasteiger partial charge in [0.25, 0.3) is 0 Å². The maximum atomic E-state index is 6.43. The first-order chi connectivity index (χ1) is 9.97. The molecule has 2 rings (SSSR count). The molecule has 0 bridgehead atoms. The fourth-order valence-electron chi connectivity index (χ4n) is 2.62. The zero-order valence-electron chi connectivity index (χ0n) is 13.3. The number of hydrogen-bond acceptors (Lipinski definition) is 4. The van der Waals surface area contributed by atoms with Crippen LogP contribution in [0.1, 0.15) is 18.5 Å². The van der Waals surface area contributed by atoms with Crippen LogP contribution in [0.4, 0.5) is 5.69 Å². The van der Waals surface area contributed by atoms with E-state index in [9.17, 15) is 0 Å². The highest BCUT2D eigenvalue weighted by molar-refractivity contribution is 6.33. The first-order valence-electron chi connectivity index (χ1n) is 7.64. The molecule has 1 aliphatic rings. The van der Waals surface area contributed by atoms with Gasteiger partial charge in [-0.3, -0.25) is 4.90 Å². The minimum Gasteiger partial charge on any atom is -0.368 e. The van der Waals surface area contributed by atoms with E-state index < -0.39 is 0 Å². The number of hydrogen-bond donors (Lipinski definition) is 1. The molecule has 118 valence electrons. The predicted octanol–water partition coefficient (Wildman–Crippen LogP) is 2.04. The summed E-state index contributed by atoms with van der Waals surface area (Å²) in [5, 5.41) is 0.812.